The Balaban J connectivity index is 1.63. The molecule has 0 spiro atoms. The number of carbonyl (C=O) groups is 2. The third kappa shape index (κ3) is 5.28. The number of aryl methyl sites for hydroxylation is 1. The van der Waals surface area contributed by atoms with Gasteiger partial charge in [-0.2, -0.15) is 13.2 Å². The van der Waals surface area contributed by atoms with Crippen molar-refractivity contribution in [2.24, 2.45) is 0 Å². The molecular weight excluding hydrogens is 433 g/mol. The number of amides is 2. The predicted molar refractivity (Wildman–Crippen MR) is 116 cm³/mol. The first-order valence-electron chi connectivity index (χ1n) is 8.93. The summed E-state index contributed by atoms with van der Waals surface area (Å²) < 4.78 is 39.4. The topological polar surface area (TPSA) is 49.4 Å². The van der Waals surface area contributed by atoms with Crippen molar-refractivity contribution in [3.63, 3.8) is 0 Å². The van der Waals surface area contributed by atoms with Gasteiger partial charge in [-0.1, -0.05) is 65.9 Å². The van der Waals surface area contributed by atoms with Gasteiger partial charge < -0.3 is 5.32 Å². The molecule has 0 unspecified atom stereocenters. The lowest BCUT2D eigenvalue weighted by Crippen LogP contribution is -2.31. The predicted octanol–water partition coefficient (Wildman–Crippen LogP) is 5.24. The summed E-state index contributed by atoms with van der Waals surface area (Å²) in [4.78, 5) is 26.5. The minimum atomic E-state index is -4.58. The highest BCUT2D eigenvalue weighted by atomic mass is 32.2. The maximum absolute atomic E-state index is 13.0. The van der Waals surface area contributed by atoms with Gasteiger partial charge in [-0.3, -0.25) is 14.5 Å². The van der Waals surface area contributed by atoms with E-state index < -0.39 is 17.6 Å². The third-order valence-corrected chi connectivity index (χ3v) is 5.70. The molecule has 0 aromatic heterocycles. The Labute approximate surface area is 181 Å². The molecule has 9 heteroatoms. The molecule has 2 aromatic carbocycles. The first kappa shape index (κ1) is 22.0. The van der Waals surface area contributed by atoms with E-state index in [1.54, 1.807) is 6.08 Å². The number of nitrogens with zero attached hydrogens (tertiary/aromatic N) is 1. The van der Waals surface area contributed by atoms with Gasteiger partial charge in [-0.25, -0.2) is 0 Å². The van der Waals surface area contributed by atoms with Gasteiger partial charge in [0.1, 0.15) is 4.32 Å². The normalized spacial score (nSPS) is 15.7. The fourth-order valence-electron chi connectivity index (χ4n) is 2.77. The number of thioether (sulfide) groups is 1. The fraction of sp³-hybridized carbons (Fsp3) is 0.190. The summed E-state index contributed by atoms with van der Waals surface area (Å²) in [5.41, 5.74) is 0.699. The molecule has 1 fully saturated rings. The Bertz CT molecular complexity index is 1020. The van der Waals surface area contributed by atoms with E-state index in [0.29, 0.717) is 9.23 Å². The first-order valence-corrected chi connectivity index (χ1v) is 10.2. The Hall–Kier alpha value is -2.65. The number of rotatable bonds is 5. The van der Waals surface area contributed by atoms with Crippen LogP contribution >= 0.6 is 24.0 Å². The molecule has 0 atom stereocenters. The van der Waals surface area contributed by atoms with E-state index in [1.165, 1.54) is 23.1 Å². The van der Waals surface area contributed by atoms with Crippen molar-refractivity contribution in [1.82, 2.24) is 4.90 Å². The van der Waals surface area contributed by atoms with Gasteiger partial charge in [0.15, 0.2) is 0 Å². The highest BCUT2D eigenvalue weighted by Crippen LogP contribution is 2.35. The minimum absolute atomic E-state index is 0.0179. The second-order valence-electron chi connectivity index (χ2n) is 6.59. The number of alkyl halides is 3. The van der Waals surface area contributed by atoms with Gasteiger partial charge in [0.2, 0.25) is 5.91 Å². The highest BCUT2D eigenvalue weighted by molar-refractivity contribution is 8.26. The lowest BCUT2D eigenvalue weighted by molar-refractivity contribution is -0.137. The molecule has 0 saturated carbocycles. The average Bonchev–Trinajstić information content (AvgIpc) is 2.94. The van der Waals surface area contributed by atoms with Crippen molar-refractivity contribution < 1.29 is 22.8 Å². The number of thiocarbonyl (C=S) groups is 1. The summed E-state index contributed by atoms with van der Waals surface area (Å²) in [5, 5.41) is 2.27. The van der Waals surface area contributed by atoms with Gasteiger partial charge >= 0.3 is 6.18 Å². The molecule has 4 nitrogen and oxygen atoms in total. The molecule has 0 bridgehead atoms. The number of para-hydroxylation sites is 1. The van der Waals surface area contributed by atoms with Crippen molar-refractivity contribution in [3.8, 4) is 0 Å². The number of benzene rings is 2. The monoisotopic (exact) mass is 450 g/mol. The van der Waals surface area contributed by atoms with Gasteiger partial charge in [0, 0.05) is 13.0 Å². The number of carbonyl (C=O) groups excluding carboxylic acids is 2. The maximum atomic E-state index is 13.0. The number of hydrogen-bond donors (Lipinski definition) is 1. The van der Waals surface area contributed by atoms with Crippen molar-refractivity contribution >= 4 is 51.9 Å². The van der Waals surface area contributed by atoms with Crippen LogP contribution in [0.25, 0.3) is 6.08 Å². The lowest BCUT2D eigenvalue weighted by atomic mass is 10.1. The van der Waals surface area contributed by atoms with Crippen molar-refractivity contribution in [1.29, 1.82) is 0 Å². The van der Waals surface area contributed by atoms with Crippen LogP contribution < -0.4 is 5.32 Å². The van der Waals surface area contributed by atoms with Crippen LogP contribution in [0.5, 0.6) is 0 Å². The second-order valence-corrected chi connectivity index (χ2v) is 8.26. The van der Waals surface area contributed by atoms with Crippen LogP contribution in [0.4, 0.5) is 18.9 Å². The lowest BCUT2D eigenvalue weighted by Gasteiger charge is -2.16. The molecule has 2 aromatic rings. The molecule has 1 aliphatic rings. The Kier molecular flexibility index (Phi) is 6.62. The molecule has 1 heterocycles. The van der Waals surface area contributed by atoms with Gasteiger partial charge in [-0.05, 0) is 30.7 Å². The highest BCUT2D eigenvalue weighted by Gasteiger charge is 2.34. The fourth-order valence-corrected chi connectivity index (χ4v) is 4.08. The third-order valence-electron chi connectivity index (χ3n) is 4.32. The van der Waals surface area contributed by atoms with Crippen LogP contribution in [0, 0.1) is 6.92 Å². The minimum Gasteiger partial charge on any atom is -0.325 e. The van der Waals surface area contributed by atoms with Crippen LogP contribution in [-0.2, 0) is 15.8 Å². The molecule has 30 heavy (non-hydrogen) atoms. The van der Waals surface area contributed by atoms with E-state index in [2.05, 4.69) is 5.32 Å². The molecule has 3 rings (SSSR count). The van der Waals surface area contributed by atoms with Crippen LogP contribution in [-0.4, -0.2) is 27.6 Å². The summed E-state index contributed by atoms with van der Waals surface area (Å²) >= 11 is 6.36. The Morgan fingerprint density at radius 1 is 1.17 bits per heavy atom. The molecular formula is C21H17F3N2O2S2. The summed E-state index contributed by atoms with van der Waals surface area (Å²) in [6.45, 7) is 1.94. The SMILES string of the molecule is Cc1ccc(/C=C2/SC(=S)N(CCC(=O)Nc3ccccc3C(F)(F)F)C2=O)cc1. The zero-order valence-corrected chi connectivity index (χ0v) is 17.5. The molecule has 0 radical (unpaired) electrons. The van der Waals surface area contributed by atoms with E-state index in [-0.39, 0.29) is 24.6 Å². The first-order chi connectivity index (χ1) is 14.1. The van der Waals surface area contributed by atoms with Crippen LogP contribution in [0.15, 0.2) is 53.4 Å². The average molecular weight is 451 g/mol. The quantitative estimate of drug-likeness (QED) is 0.500. The van der Waals surface area contributed by atoms with Crippen molar-refractivity contribution in [2.45, 2.75) is 19.5 Å². The van der Waals surface area contributed by atoms with E-state index in [0.717, 1.165) is 29.0 Å². The summed E-state index contributed by atoms with van der Waals surface area (Å²) in [7, 11) is 0. The molecule has 1 N–H and O–H groups in total. The van der Waals surface area contributed by atoms with Crippen LogP contribution in [0.2, 0.25) is 0 Å². The molecule has 0 aliphatic carbocycles. The van der Waals surface area contributed by atoms with Crippen LogP contribution in [0.1, 0.15) is 23.1 Å². The Morgan fingerprint density at radius 3 is 2.50 bits per heavy atom. The second kappa shape index (κ2) is 9.01. The van der Waals surface area contributed by atoms with Gasteiger partial charge in [0.25, 0.3) is 5.91 Å². The molecule has 2 amide bonds. The summed E-state index contributed by atoms with van der Waals surface area (Å²) in [6, 6.07) is 12.4. The molecule has 156 valence electrons. The zero-order valence-electron chi connectivity index (χ0n) is 15.8. The number of anilines is 1. The van der Waals surface area contributed by atoms with Crippen LogP contribution in [0.3, 0.4) is 0 Å². The van der Waals surface area contributed by atoms with E-state index in [1.807, 2.05) is 31.2 Å². The van der Waals surface area contributed by atoms with Gasteiger partial charge in [-0.15, -0.1) is 0 Å². The largest absolute Gasteiger partial charge is 0.418 e. The maximum Gasteiger partial charge on any atom is 0.418 e. The standard InChI is InChI=1S/C21H17F3N2O2S2/c1-13-6-8-14(9-7-13)12-17-19(28)26(20(29)30-17)11-10-18(27)25-16-5-3-2-4-15(16)21(22,23)24/h2-9,12H,10-11H2,1H3,(H,25,27)/b17-12+. The van der Waals surface area contributed by atoms with E-state index in [4.69, 9.17) is 12.2 Å². The molecule has 1 aliphatic heterocycles. The van der Waals surface area contributed by atoms with Crippen molar-refractivity contribution in [2.75, 3.05) is 11.9 Å². The van der Waals surface area contributed by atoms with Crippen molar-refractivity contribution in [3.05, 3.63) is 70.1 Å². The number of halogens is 3. The molecule has 1 saturated heterocycles. The number of hydrogen-bond acceptors (Lipinski definition) is 4. The summed E-state index contributed by atoms with van der Waals surface area (Å²) in [5.74, 6) is -0.961. The van der Waals surface area contributed by atoms with Gasteiger partial charge in [0.05, 0.1) is 16.2 Å². The number of nitrogens with one attached hydrogen (secondary N) is 1. The zero-order chi connectivity index (χ0) is 21.9. The van der Waals surface area contributed by atoms with E-state index >= 15 is 0 Å². The van der Waals surface area contributed by atoms with E-state index in [9.17, 15) is 22.8 Å². The summed E-state index contributed by atoms with van der Waals surface area (Å²) in [6.07, 6.45) is -3.04. The smallest absolute Gasteiger partial charge is 0.325 e. The Morgan fingerprint density at radius 2 is 1.83 bits per heavy atom.